The van der Waals surface area contributed by atoms with Gasteiger partial charge in [0.2, 0.25) is 10.0 Å². The predicted octanol–water partition coefficient (Wildman–Crippen LogP) is -0.656. The molecule has 1 aromatic rings. The number of hydrogen-bond donors (Lipinski definition) is 2. The summed E-state index contributed by atoms with van der Waals surface area (Å²) in [5.41, 5.74) is 5.74. The Hall–Kier alpha value is -1.13. The number of methoxy groups -OCH3 is 1. The SMILES string of the molecule is COCC(O)CN(C)S(=O)(=O)c1ccc(C(N)=S)nc1. The van der Waals surface area contributed by atoms with Crippen LogP contribution < -0.4 is 5.73 Å². The summed E-state index contributed by atoms with van der Waals surface area (Å²) >= 11 is 4.74. The lowest BCUT2D eigenvalue weighted by Crippen LogP contribution is -2.36. The number of nitrogens with two attached hydrogens (primary N) is 1. The Bertz CT molecular complexity index is 560. The average molecular weight is 319 g/mol. The molecule has 9 heteroatoms. The first kappa shape index (κ1) is 16.9. The van der Waals surface area contributed by atoms with Gasteiger partial charge in [0.25, 0.3) is 0 Å². The molecule has 0 aliphatic rings. The molecule has 0 radical (unpaired) electrons. The quantitative estimate of drug-likeness (QED) is 0.643. The molecule has 1 unspecified atom stereocenters. The molecule has 0 aromatic carbocycles. The Balaban J connectivity index is 2.89. The van der Waals surface area contributed by atoms with E-state index in [1.54, 1.807) is 0 Å². The maximum absolute atomic E-state index is 12.2. The lowest BCUT2D eigenvalue weighted by Gasteiger charge is -2.20. The van der Waals surface area contributed by atoms with Gasteiger partial charge in [0, 0.05) is 26.9 Å². The van der Waals surface area contributed by atoms with Crippen molar-refractivity contribution >= 4 is 27.2 Å². The number of likely N-dealkylation sites (N-methyl/N-ethyl adjacent to an activating group) is 1. The van der Waals surface area contributed by atoms with E-state index in [4.69, 9.17) is 22.7 Å². The van der Waals surface area contributed by atoms with Crippen molar-refractivity contribution in [3.63, 3.8) is 0 Å². The first-order valence-corrected chi connectivity index (χ1v) is 7.53. The number of aromatic nitrogens is 1. The third kappa shape index (κ3) is 4.18. The van der Waals surface area contributed by atoms with Gasteiger partial charge >= 0.3 is 0 Å². The van der Waals surface area contributed by atoms with Gasteiger partial charge in [-0.15, -0.1) is 0 Å². The molecule has 0 bridgehead atoms. The molecule has 0 saturated carbocycles. The summed E-state index contributed by atoms with van der Waals surface area (Å²) < 4.78 is 30.2. The molecule has 112 valence electrons. The van der Waals surface area contributed by atoms with E-state index in [1.807, 2.05) is 0 Å². The summed E-state index contributed by atoms with van der Waals surface area (Å²) in [6, 6.07) is 2.81. The smallest absolute Gasteiger partial charge is 0.244 e. The second kappa shape index (κ2) is 7.04. The molecule has 20 heavy (non-hydrogen) atoms. The predicted molar refractivity (Wildman–Crippen MR) is 77.8 cm³/mol. The highest BCUT2D eigenvalue weighted by Gasteiger charge is 2.23. The van der Waals surface area contributed by atoms with Gasteiger partial charge in [-0.25, -0.2) is 8.42 Å². The fourth-order valence-corrected chi connectivity index (χ4v) is 2.77. The zero-order valence-electron chi connectivity index (χ0n) is 11.2. The van der Waals surface area contributed by atoms with Crippen molar-refractivity contribution < 1.29 is 18.3 Å². The van der Waals surface area contributed by atoms with Crippen LogP contribution in [0.2, 0.25) is 0 Å². The molecule has 1 heterocycles. The van der Waals surface area contributed by atoms with E-state index < -0.39 is 16.1 Å². The van der Waals surface area contributed by atoms with Crippen LogP contribution in [0.4, 0.5) is 0 Å². The van der Waals surface area contributed by atoms with Crippen LogP contribution in [0.1, 0.15) is 5.69 Å². The fourth-order valence-electron chi connectivity index (χ4n) is 1.50. The van der Waals surface area contributed by atoms with Crippen molar-refractivity contribution in [3.05, 3.63) is 24.0 Å². The van der Waals surface area contributed by atoms with Crippen molar-refractivity contribution in [2.45, 2.75) is 11.0 Å². The normalized spacial score (nSPS) is 13.4. The van der Waals surface area contributed by atoms with E-state index in [-0.39, 0.29) is 23.0 Å². The van der Waals surface area contributed by atoms with Gasteiger partial charge in [0.15, 0.2) is 0 Å². The molecular formula is C11H17N3O4S2. The zero-order chi connectivity index (χ0) is 15.3. The number of pyridine rings is 1. The fraction of sp³-hybridized carbons (Fsp3) is 0.455. The highest BCUT2D eigenvalue weighted by molar-refractivity contribution is 7.89. The molecular weight excluding hydrogens is 302 g/mol. The molecule has 0 fully saturated rings. The largest absolute Gasteiger partial charge is 0.389 e. The lowest BCUT2D eigenvalue weighted by molar-refractivity contribution is 0.0554. The first-order chi connectivity index (χ1) is 9.28. The van der Waals surface area contributed by atoms with Crippen molar-refractivity contribution in [2.24, 2.45) is 5.73 Å². The van der Waals surface area contributed by atoms with Crippen molar-refractivity contribution in [2.75, 3.05) is 27.3 Å². The third-order valence-corrected chi connectivity index (χ3v) is 4.54. The first-order valence-electron chi connectivity index (χ1n) is 5.68. The monoisotopic (exact) mass is 319 g/mol. The summed E-state index contributed by atoms with van der Waals surface area (Å²) in [5, 5.41) is 9.57. The molecule has 0 amide bonds. The minimum absolute atomic E-state index is 0.00427. The van der Waals surface area contributed by atoms with E-state index in [2.05, 4.69) is 4.98 Å². The van der Waals surface area contributed by atoms with Gasteiger partial charge in [-0.3, -0.25) is 4.98 Å². The van der Waals surface area contributed by atoms with Crippen molar-refractivity contribution in [3.8, 4) is 0 Å². The Kier molecular flexibility index (Phi) is 5.96. The Morgan fingerprint density at radius 2 is 2.25 bits per heavy atom. The summed E-state index contributed by atoms with van der Waals surface area (Å²) in [7, 11) is -0.926. The van der Waals surface area contributed by atoms with Gasteiger partial charge < -0.3 is 15.6 Å². The molecule has 7 nitrogen and oxygen atoms in total. The number of rotatable bonds is 7. The molecule has 1 rings (SSSR count). The average Bonchev–Trinajstić information content (AvgIpc) is 2.38. The molecule has 1 aromatic heterocycles. The Morgan fingerprint density at radius 3 is 2.70 bits per heavy atom. The van der Waals surface area contributed by atoms with Crippen LogP contribution >= 0.6 is 12.2 Å². The number of aliphatic hydroxyl groups is 1. The van der Waals surface area contributed by atoms with Crippen LogP contribution in [-0.4, -0.2) is 61.2 Å². The van der Waals surface area contributed by atoms with Crippen LogP contribution in [0.5, 0.6) is 0 Å². The number of sulfonamides is 1. The van der Waals surface area contributed by atoms with Crippen LogP contribution in [0.3, 0.4) is 0 Å². The van der Waals surface area contributed by atoms with E-state index in [0.29, 0.717) is 5.69 Å². The minimum Gasteiger partial charge on any atom is -0.389 e. The van der Waals surface area contributed by atoms with Crippen molar-refractivity contribution in [1.29, 1.82) is 0 Å². The number of nitrogens with zero attached hydrogens (tertiary/aromatic N) is 2. The summed E-state index contributed by atoms with van der Waals surface area (Å²) in [4.78, 5) is 3.98. The molecule has 1 atom stereocenters. The second-order valence-corrected chi connectivity index (χ2v) is 6.62. The standard InChI is InChI=1S/C11H17N3O4S2/c1-14(6-8(15)7-18-2)20(16,17)9-3-4-10(11(12)19)13-5-9/h3-5,8,15H,6-7H2,1-2H3,(H2,12,19). The maximum atomic E-state index is 12.2. The highest BCUT2D eigenvalue weighted by Crippen LogP contribution is 2.14. The van der Waals surface area contributed by atoms with Gasteiger partial charge in [-0.2, -0.15) is 4.31 Å². The lowest BCUT2D eigenvalue weighted by atomic mass is 10.3. The second-order valence-electron chi connectivity index (χ2n) is 4.14. The Labute approximate surface area is 123 Å². The molecule has 3 N–H and O–H groups in total. The van der Waals surface area contributed by atoms with Gasteiger partial charge in [-0.1, -0.05) is 12.2 Å². The van der Waals surface area contributed by atoms with Gasteiger partial charge in [0.1, 0.15) is 9.88 Å². The van der Waals surface area contributed by atoms with E-state index in [1.165, 1.54) is 32.5 Å². The topological polar surface area (TPSA) is 106 Å². The summed E-state index contributed by atoms with van der Waals surface area (Å²) in [6.45, 7) is -0.0221. The number of aliphatic hydroxyl groups excluding tert-OH is 1. The molecule has 0 aliphatic heterocycles. The molecule has 0 saturated heterocycles. The van der Waals surface area contributed by atoms with E-state index in [0.717, 1.165) is 4.31 Å². The van der Waals surface area contributed by atoms with Gasteiger partial charge in [0.05, 0.1) is 18.4 Å². The summed E-state index contributed by atoms with van der Waals surface area (Å²) in [5.74, 6) is 0. The number of hydrogen-bond acceptors (Lipinski definition) is 6. The van der Waals surface area contributed by atoms with Crippen LogP contribution in [-0.2, 0) is 14.8 Å². The third-order valence-electron chi connectivity index (χ3n) is 2.52. The highest BCUT2D eigenvalue weighted by atomic mass is 32.2. The van der Waals surface area contributed by atoms with Crippen LogP contribution in [0.15, 0.2) is 23.2 Å². The Morgan fingerprint density at radius 1 is 1.60 bits per heavy atom. The van der Waals surface area contributed by atoms with E-state index in [9.17, 15) is 13.5 Å². The maximum Gasteiger partial charge on any atom is 0.244 e. The summed E-state index contributed by atoms with van der Waals surface area (Å²) in [6.07, 6.45) is 0.284. The van der Waals surface area contributed by atoms with Crippen molar-refractivity contribution in [1.82, 2.24) is 9.29 Å². The minimum atomic E-state index is -3.72. The number of ether oxygens (including phenoxy) is 1. The zero-order valence-corrected chi connectivity index (χ0v) is 12.8. The molecule has 0 aliphatic carbocycles. The van der Waals surface area contributed by atoms with Gasteiger partial charge in [-0.05, 0) is 12.1 Å². The van der Waals surface area contributed by atoms with Crippen LogP contribution in [0, 0.1) is 0 Å². The van der Waals surface area contributed by atoms with Crippen LogP contribution in [0.25, 0.3) is 0 Å². The molecule has 0 spiro atoms. The van der Waals surface area contributed by atoms with E-state index >= 15 is 0 Å². The number of thiocarbonyl (C=S) groups is 1.